The van der Waals surface area contributed by atoms with Crippen molar-refractivity contribution in [2.75, 3.05) is 24.4 Å². The fourth-order valence-electron chi connectivity index (χ4n) is 3.37. The van der Waals surface area contributed by atoms with E-state index < -0.39 is 26.6 Å². The molecule has 0 aliphatic heterocycles. The van der Waals surface area contributed by atoms with Crippen LogP contribution in [0.25, 0.3) is 0 Å². The van der Waals surface area contributed by atoms with Gasteiger partial charge in [-0.3, -0.25) is 20.3 Å². The van der Waals surface area contributed by atoms with Crippen molar-refractivity contribution >= 4 is 39.3 Å². The smallest absolute Gasteiger partial charge is 0.379 e. The molecule has 4 rings (SSSR count). The average molecular weight is 567 g/mol. The molecule has 0 saturated heterocycles. The minimum absolute atomic E-state index is 0.0221. The number of carbonyl (C=O) groups excluding carboxylic acids is 1. The summed E-state index contributed by atoms with van der Waals surface area (Å²) in [6.07, 6.45) is 2.69. The van der Waals surface area contributed by atoms with Crippen LogP contribution in [-0.4, -0.2) is 39.7 Å². The van der Waals surface area contributed by atoms with Gasteiger partial charge in [0.15, 0.2) is 11.5 Å². The average Bonchev–Trinajstić information content (AvgIpc) is 3.49. The van der Waals surface area contributed by atoms with Crippen molar-refractivity contribution in [3.8, 4) is 17.2 Å². The molecule has 1 heterocycles. The van der Waals surface area contributed by atoms with E-state index in [0.29, 0.717) is 11.3 Å². The van der Waals surface area contributed by atoms with Crippen LogP contribution in [0.2, 0.25) is 0 Å². The molecule has 0 unspecified atom stereocenters. The van der Waals surface area contributed by atoms with E-state index in [2.05, 4.69) is 15.2 Å². The number of hydrogen-bond acceptors (Lipinski definition) is 11. The van der Waals surface area contributed by atoms with Gasteiger partial charge in [-0.05, 0) is 72.3 Å². The van der Waals surface area contributed by atoms with E-state index in [1.165, 1.54) is 69.2 Å². The van der Waals surface area contributed by atoms with Crippen LogP contribution in [0.15, 0.2) is 93.5 Å². The van der Waals surface area contributed by atoms with Crippen molar-refractivity contribution < 1.29 is 36.8 Å². The van der Waals surface area contributed by atoms with E-state index in [-0.39, 0.29) is 33.5 Å². The maximum Gasteiger partial charge on any atom is 0.379 e. The van der Waals surface area contributed by atoms with Gasteiger partial charge in [0.25, 0.3) is 15.7 Å². The summed E-state index contributed by atoms with van der Waals surface area (Å²) in [7, 11) is -1.25. The van der Waals surface area contributed by atoms with Gasteiger partial charge in [-0.2, -0.15) is 5.10 Å². The second-order valence-electron chi connectivity index (χ2n) is 7.92. The van der Waals surface area contributed by atoms with Crippen molar-refractivity contribution in [2.45, 2.75) is 4.90 Å². The summed E-state index contributed by atoms with van der Waals surface area (Å²) in [6.45, 7) is 0. The summed E-state index contributed by atoms with van der Waals surface area (Å²) >= 11 is 0. The molecule has 0 fully saturated rings. The largest absolute Gasteiger partial charge is 0.497 e. The molecule has 14 heteroatoms. The Kier molecular flexibility index (Phi) is 8.30. The van der Waals surface area contributed by atoms with Gasteiger partial charge < -0.3 is 18.6 Å². The second-order valence-corrected chi connectivity index (χ2v) is 9.60. The number of furan rings is 1. The van der Waals surface area contributed by atoms with Crippen molar-refractivity contribution in [3.05, 3.63) is 100 Å². The van der Waals surface area contributed by atoms with Crippen LogP contribution in [-0.2, 0) is 10.0 Å². The molecule has 0 saturated carbocycles. The predicted octanol–water partition coefficient (Wildman–Crippen LogP) is 4.67. The van der Waals surface area contributed by atoms with Crippen LogP contribution >= 0.6 is 0 Å². The first kappa shape index (κ1) is 27.7. The van der Waals surface area contributed by atoms with Gasteiger partial charge in [0.1, 0.15) is 11.4 Å². The van der Waals surface area contributed by atoms with Crippen molar-refractivity contribution in [2.24, 2.45) is 5.10 Å². The number of anilines is 2. The lowest BCUT2D eigenvalue weighted by molar-refractivity contribution is -0.384. The molecule has 0 aliphatic carbocycles. The van der Waals surface area contributed by atoms with Gasteiger partial charge in [0, 0.05) is 11.8 Å². The van der Waals surface area contributed by atoms with Crippen LogP contribution < -0.4 is 24.4 Å². The molecule has 206 valence electrons. The predicted molar refractivity (Wildman–Crippen MR) is 145 cm³/mol. The number of nitrogens with zero attached hydrogens (tertiary/aromatic N) is 2. The van der Waals surface area contributed by atoms with Crippen molar-refractivity contribution in [1.82, 2.24) is 0 Å². The van der Waals surface area contributed by atoms with Crippen LogP contribution in [0.1, 0.15) is 16.1 Å². The number of ether oxygens (including phenoxy) is 3. The lowest BCUT2D eigenvalue weighted by Crippen LogP contribution is -2.13. The number of rotatable bonds is 11. The van der Waals surface area contributed by atoms with Crippen LogP contribution in [0.4, 0.5) is 17.1 Å². The number of hydrogen-bond donors (Lipinski definition) is 2. The molecule has 13 nitrogen and oxygen atoms in total. The first-order chi connectivity index (χ1) is 19.2. The zero-order chi connectivity index (χ0) is 28.7. The Bertz CT molecular complexity index is 1650. The highest BCUT2D eigenvalue weighted by atomic mass is 32.2. The highest BCUT2D eigenvalue weighted by molar-refractivity contribution is 7.92. The number of methoxy groups -OCH3 is 2. The lowest BCUT2D eigenvalue weighted by atomic mass is 10.2. The van der Waals surface area contributed by atoms with Crippen molar-refractivity contribution in [1.29, 1.82) is 0 Å². The molecular formula is C26H22N4O9S. The van der Waals surface area contributed by atoms with E-state index >= 15 is 0 Å². The number of carbonyl (C=O) groups is 1. The van der Waals surface area contributed by atoms with Gasteiger partial charge in [0.2, 0.25) is 5.76 Å². The molecule has 0 radical (unpaired) electrons. The summed E-state index contributed by atoms with van der Waals surface area (Å²) in [5.74, 6) is 0.230. The van der Waals surface area contributed by atoms with Gasteiger partial charge in [-0.15, -0.1) is 0 Å². The molecule has 0 amide bonds. The molecule has 1 aromatic heterocycles. The highest BCUT2D eigenvalue weighted by Crippen LogP contribution is 2.30. The quantitative estimate of drug-likeness (QED) is 0.0854. The molecule has 0 aliphatic rings. The van der Waals surface area contributed by atoms with Gasteiger partial charge in [-0.1, -0.05) is 0 Å². The third kappa shape index (κ3) is 6.54. The summed E-state index contributed by atoms with van der Waals surface area (Å²) in [4.78, 5) is 22.8. The monoisotopic (exact) mass is 566 g/mol. The van der Waals surface area contributed by atoms with E-state index in [9.17, 15) is 23.3 Å². The zero-order valence-corrected chi connectivity index (χ0v) is 21.9. The fraction of sp³-hybridized carbons (Fsp3) is 0.0769. The second kappa shape index (κ2) is 12.0. The number of esters is 1. The van der Waals surface area contributed by atoms with Crippen LogP contribution in [0, 0.1) is 10.1 Å². The van der Waals surface area contributed by atoms with Gasteiger partial charge >= 0.3 is 5.97 Å². The number of hydrazone groups is 1. The minimum atomic E-state index is -4.12. The molecule has 3 aromatic carbocycles. The first-order valence-electron chi connectivity index (χ1n) is 11.4. The Labute approximate surface area is 228 Å². The molecule has 0 spiro atoms. The molecular weight excluding hydrogens is 544 g/mol. The molecule has 40 heavy (non-hydrogen) atoms. The summed E-state index contributed by atoms with van der Waals surface area (Å²) in [5, 5.41) is 15.7. The Balaban J connectivity index is 1.48. The van der Waals surface area contributed by atoms with Crippen LogP contribution in [0.3, 0.4) is 0 Å². The van der Waals surface area contributed by atoms with Crippen LogP contribution in [0.5, 0.6) is 17.2 Å². The van der Waals surface area contributed by atoms with Gasteiger partial charge in [0.05, 0.1) is 36.5 Å². The molecule has 2 N–H and O–H groups in total. The van der Waals surface area contributed by atoms with E-state index in [1.807, 2.05) is 0 Å². The summed E-state index contributed by atoms with van der Waals surface area (Å²) in [6, 6.07) is 17.1. The Morgan fingerprint density at radius 3 is 2.42 bits per heavy atom. The maximum absolute atomic E-state index is 12.8. The Morgan fingerprint density at radius 1 is 1.00 bits per heavy atom. The zero-order valence-electron chi connectivity index (χ0n) is 21.1. The number of nitro benzene ring substituents is 1. The van der Waals surface area contributed by atoms with E-state index in [0.717, 1.165) is 6.07 Å². The molecule has 4 aromatic rings. The fourth-order valence-corrected chi connectivity index (χ4v) is 4.45. The Hall–Kier alpha value is -5.37. The van der Waals surface area contributed by atoms with E-state index in [1.54, 1.807) is 24.3 Å². The van der Waals surface area contributed by atoms with Crippen molar-refractivity contribution in [3.63, 3.8) is 0 Å². The summed E-state index contributed by atoms with van der Waals surface area (Å²) < 4.78 is 48.6. The van der Waals surface area contributed by atoms with E-state index in [4.69, 9.17) is 18.6 Å². The first-order valence-corrected chi connectivity index (χ1v) is 12.9. The number of benzene rings is 3. The number of nitrogens with one attached hydrogen (secondary N) is 2. The Morgan fingerprint density at radius 2 is 1.77 bits per heavy atom. The van der Waals surface area contributed by atoms with Gasteiger partial charge in [-0.25, -0.2) is 13.2 Å². The SMILES string of the molecule is COc1ccc(NS(=O)(=O)c2ccc(N/N=C\c3ccc(OC(=O)c4ccco4)c(OC)c3)c([N+](=O)[O-])c2)cc1. The number of nitro groups is 1. The molecule has 0 bridgehead atoms. The third-order valence-electron chi connectivity index (χ3n) is 5.33. The topological polar surface area (TPSA) is 172 Å². The third-order valence-corrected chi connectivity index (χ3v) is 6.71. The maximum atomic E-state index is 12.8. The normalized spacial score (nSPS) is 11.2. The summed E-state index contributed by atoms with van der Waals surface area (Å²) in [5.41, 5.74) is 2.76. The standard InChI is InChI=1S/C26H22N4O9S/c1-36-19-8-6-18(7-9-19)29-40(34,35)20-10-11-21(22(15-20)30(32)33)28-27-16-17-5-12-23(25(14-17)37-2)39-26(31)24-4-3-13-38-24/h3-16,28-29H,1-2H3/b27-16-. The highest BCUT2D eigenvalue weighted by Gasteiger charge is 2.22. The minimum Gasteiger partial charge on any atom is -0.497 e. The lowest BCUT2D eigenvalue weighted by Gasteiger charge is -2.10. The number of sulfonamides is 1. The molecule has 0 atom stereocenters.